The maximum atomic E-state index is 13.0. The molecule has 1 aliphatic carbocycles. The SMILES string of the molecule is CNCCCc1ccccc1F.O=CNc1ccc(C2CCCCC2)cc1O. The average molecular weight is 387 g/mol. The third-order valence-electron chi connectivity index (χ3n) is 5.14. The van der Waals surface area contributed by atoms with Gasteiger partial charge in [0.2, 0.25) is 6.41 Å². The van der Waals surface area contributed by atoms with Crippen LogP contribution in [0.4, 0.5) is 10.1 Å². The van der Waals surface area contributed by atoms with Gasteiger partial charge in [-0.2, -0.15) is 0 Å². The van der Waals surface area contributed by atoms with E-state index in [1.54, 1.807) is 18.2 Å². The molecule has 0 unspecified atom stereocenters. The van der Waals surface area contributed by atoms with Crippen molar-refractivity contribution >= 4 is 12.1 Å². The van der Waals surface area contributed by atoms with Gasteiger partial charge in [-0.1, -0.05) is 43.5 Å². The van der Waals surface area contributed by atoms with Crippen molar-refractivity contribution in [2.75, 3.05) is 18.9 Å². The number of hydrogen-bond donors (Lipinski definition) is 3. The lowest BCUT2D eigenvalue weighted by atomic mass is 9.84. The minimum Gasteiger partial charge on any atom is -0.506 e. The van der Waals surface area contributed by atoms with Crippen LogP contribution in [0.1, 0.15) is 55.6 Å². The van der Waals surface area contributed by atoms with Crippen LogP contribution in [0.15, 0.2) is 42.5 Å². The highest BCUT2D eigenvalue weighted by Gasteiger charge is 2.16. The number of nitrogens with one attached hydrogen (secondary N) is 2. The normalized spacial score (nSPS) is 14.1. The van der Waals surface area contributed by atoms with Gasteiger partial charge in [-0.25, -0.2) is 4.39 Å². The topological polar surface area (TPSA) is 61.4 Å². The summed E-state index contributed by atoms with van der Waals surface area (Å²) in [4.78, 5) is 10.3. The zero-order chi connectivity index (χ0) is 20.2. The van der Waals surface area contributed by atoms with Gasteiger partial charge in [0.15, 0.2) is 0 Å². The van der Waals surface area contributed by atoms with Gasteiger partial charge in [0.1, 0.15) is 11.6 Å². The zero-order valence-electron chi connectivity index (χ0n) is 16.6. The molecule has 2 aromatic rings. The Morgan fingerprint density at radius 2 is 1.89 bits per heavy atom. The largest absolute Gasteiger partial charge is 0.506 e. The van der Waals surface area contributed by atoms with E-state index in [-0.39, 0.29) is 11.6 Å². The van der Waals surface area contributed by atoms with E-state index in [1.165, 1.54) is 43.7 Å². The van der Waals surface area contributed by atoms with Crippen molar-refractivity contribution in [3.63, 3.8) is 0 Å². The van der Waals surface area contributed by atoms with E-state index in [9.17, 15) is 14.3 Å². The van der Waals surface area contributed by atoms with E-state index >= 15 is 0 Å². The van der Waals surface area contributed by atoms with Gasteiger partial charge in [0.05, 0.1) is 5.69 Å². The molecule has 0 heterocycles. The Morgan fingerprint density at radius 1 is 1.14 bits per heavy atom. The summed E-state index contributed by atoms with van der Waals surface area (Å²) in [6.45, 7) is 0.939. The van der Waals surface area contributed by atoms with E-state index in [1.807, 2.05) is 25.2 Å². The van der Waals surface area contributed by atoms with Gasteiger partial charge in [-0.15, -0.1) is 0 Å². The van der Waals surface area contributed by atoms with Gasteiger partial charge in [-0.3, -0.25) is 4.79 Å². The van der Waals surface area contributed by atoms with Gasteiger partial charge in [0, 0.05) is 0 Å². The van der Waals surface area contributed by atoms with E-state index in [4.69, 9.17) is 0 Å². The molecule has 0 radical (unpaired) electrons. The van der Waals surface area contributed by atoms with Crippen LogP contribution in [-0.4, -0.2) is 25.1 Å². The van der Waals surface area contributed by atoms with Crippen LogP contribution < -0.4 is 10.6 Å². The summed E-state index contributed by atoms with van der Waals surface area (Å²) in [5, 5.41) is 15.2. The van der Waals surface area contributed by atoms with Crippen molar-refractivity contribution in [3.8, 4) is 5.75 Å². The maximum absolute atomic E-state index is 13.0. The molecule has 4 nitrogen and oxygen atoms in total. The number of hydrogen-bond acceptors (Lipinski definition) is 3. The predicted molar refractivity (Wildman–Crippen MR) is 112 cm³/mol. The lowest BCUT2D eigenvalue weighted by molar-refractivity contribution is -0.105. The highest BCUT2D eigenvalue weighted by Crippen LogP contribution is 2.35. The number of phenols is 1. The maximum Gasteiger partial charge on any atom is 0.211 e. The summed E-state index contributed by atoms with van der Waals surface area (Å²) in [5.74, 6) is 0.647. The monoisotopic (exact) mass is 386 g/mol. The van der Waals surface area contributed by atoms with Crippen molar-refractivity contribution < 1.29 is 14.3 Å². The van der Waals surface area contributed by atoms with Crippen LogP contribution >= 0.6 is 0 Å². The lowest BCUT2D eigenvalue weighted by Gasteiger charge is -2.22. The Hall–Kier alpha value is -2.40. The summed E-state index contributed by atoms with van der Waals surface area (Å²) < 4.78 is 13.0. The zero-order valence-corrected chi connectivity index (χ0v) is 16.6. The molecule has 0 saturated heterocycles. The van der Waals surface area contributed by atoms with Crippen LogP contribution in [0.25, 0.3) is 0 Å². The number of rotatable bonds is 7. The van der Waals surface area contributed by atoms with E-state index < -0.39 is 0 Å². The Morgan fingerprint density at radius 3 is 2.54 bits per heavy atom. The number of benzene rings is 2. The number of phenolic OH excluding ortho intramolecular Hbond substituents is 1. The second-order valence-corrected chi connectivity index (χ2v) is 7.17. The molecule has 1 amide bonds. The quantitative estimate of drug-likeness (QED) is 0.357. The first-order valence-electron chi connectivity index (χ1n) is 10.1. The molecule has 1 aliphatic rings. The fraction of sp³-hybridized carbons (Fsp3) is 0.435. The predicted octanol–water partition coefficient (Wildman–Crippen LogP) is 4.99. The summed E-state index contributed by atoms with van der Waals surface area (Å²) in [7, 11) is 1.90. The molecule has 0 aliphatic heterocycles. The Labute approximate surface area is 167 Å². The molecule has 3 rings (SSSR count). The molecule has 0 bridgehead atoms. The third kappa shape index (κ3) is 6.97. The van der Waals surface area contributed by atoms with Crippen molar-refractivity contribution in [1.82, 2.24) is 5.32 Å². The molecule has 2 aromatic carbocycles. The van der Waals surface area contributed by atoms with Crippen molar-refractivity contribution in [2.24, 2.45) is 0 Å². The van der Waals surface area contributed by atoms with E-state index in [0.717, 1.165) is 24.9 Å². The summed E-state index contributed by atoms with van der Waals surface area (Å²) in [5.41, 5.74) is 2.48. The molecule has 3 N–H and O–H groups in total. The highest BCUT2D eigenvalue weighted by atomic mass is 19.1. The molecule has 5 heteroatoms. The van der Waals surface area contributed by atoms with Gasteiger partial charge in [0.25, 0.3) is 0 Å². The molecule has 152 valence electrons. The first-order chi connectivity index (χ1) is 13.7. The van der Waals surface area contributed by atoms with Gasteiger partial charge in [-0.05, 0) is 74.5 Å². The van der Waals surface area contributed by atoms with Gasteiger partial charge >= 0.3 is 0 Å². The second kappa shape index (κ2) is 12.1. The number of carbonyl (C=O) groups is 1. The van der Waals surface area contributed by atoms with Crippen molar-refractivity contribution in [2.45, 2.75) is 50.9 Å². The van der Waals surface area contributed by atoms with Crippen LogP contribution in [0.3, 0.4) is 0 Å². The first-order valence-corrected chi connectivity index (χ1v) is 10.1. The molecule has 0 atom stereocenters. The second-order valence-electron chi connectivity index (χ2n) is 7.17. The number of halogens is 1. The van der Waals surface area contributed by atoms with Crippen LogP contribution in [-0.2, 0) is 11.2 Å². The minimum atomic E-state index is -0.0893. The smallest absolute Gasteiger partial charge is 0.211 e. The molecule has 0 spiro atoms. The molecule has 1 fully saturated rings. The number of amides is 1. The Kier molecular flexibility index (Phi) is 9.49. The Bertz CT molecular complexity index is 730. The molecule has 28 heavy (non-hydrogen) atoms. The summed E-state index contributed by atoms with van der Waals surface area (Å²) in [6.07, 6.45) is 8.67. The molecule has 1 saturated carbocycles. The summed E-state index contributed by atoms with van der Waals surface area (Å²) >= 11 is 0. The number of carbonyl (C=O) groups excluding carboxylic acids is 1. The van der Waals surface area contributed by atoms with Gasteiger partial charge < -0.3 is 15.7 Å². The molecular formula is C23H31FN2O2. The fourth-order valence-electron chi connectivity index (χ4n) is 3.58. The molecular weight excluding hydrogens is 355 g/mol. The number of aromatic hydroxyl groups is 1. The lowest BCUT2D eigenvalue weighted by Crippen LogP contribution is -2.08. The van der Waals surface area contributed by atoms with E-state index in [2.05, 4.69) is 10.6 Å². The fourth-order valence-corrected chi connectivity index (χ4v) is 3.58. The van der Waals surface area contributed by atoms with Crippen LogP contribution in [0.5, 0.6) is 5.75 Å². The number of aryl methyl sites for hydroxylation is 1. The number of anilines is 1. The minimum absolute atomic E-state index is 0.0893. The van der Waals surface area contributed by atoms with Crippen LogP contribution in [0, 0.1) is 5.82 Å². The highest BCUT2D eigenvalue weighted by molar-refractivity contribution is 5.75. The summed E-state index contributed by atoms with van der Waals surface area (Å²) in [6, 6.07) is 12.5. The van der Waals surface area contributed by atoms with Crippen LogP contribution in [0.2, 0.25) is 0 Å². The van der Waals surface area contributed by atoms with Crippen molar-refractivity contribution in [1.29, 1.82) is 0 Å². The average Bonchev–Trinajstić information content (AvgIpc) is 2.72. The molecule has 0 aromatic heterocycles. The Balaban J connectivity index is 0.000000209. The third-order valence-corrected chi connectivity index (χ3v) is 5.14. The van der Waals surface area contributed by atoms with Crippen molar-refractivity contribution in [3.05, 3.63) is 59.4 Å². The first kappa shape index (κ1) is 21.9. The van der Waals surface area contributed by atoms with E-state index in [0.29, 0.717) is 18.0 Å². The standard InChI is InChI=1S/C13H17NO2.C10H14FN/c15-9-14-12-7-6-11(8-13(12)16)10-4-2-1-3-5-10;1-12-8-4-6-9-5-2-3-7-10(9)11/h6-10,16H,1-5H2,(H,14,15);2-3,5,7,12H,4,6,8H2,1H3.